The van der Waals surface area contributed by atoms with E-state index in [1.807, 2.05) is 24.3 Å². The van der Waals surface area contributed by atoms with Crippen molar-refractivity contribution in [2.75, 3.05) is 16.8 Å². The average Bonchev–Trinajstić information content (AvgIpc) is 3.59. The molecule has 0 radical (unpaired) electrons. The van der Waals surface area contributed by atoms with E-state index in [2.05, 4.69) is 36.2 Å². The van der Waals surface area contributed by atoms with Crippen LogP contribution in [-0.4, -0.2) is 55.9 Å². The van der Waals surface area contributed by atoms with Gasteiger partial charge in [-0.1, -0.05) is 0 Å². The maximum absolute atomic E-state index is 13.2. The van der Waals surface area contributed by atoms with Gasteiger partial charge in [-0.2, -0.15) is 5.21 Å². The number of rotatable bonds is 6. The summed E-state index contributed by atoms with van der Waals surface area (Å²) >= 11 is 1.20. The number of anilines is 2. The summed E-state index contributed by atoms with van der Waals surface area (Å²) in [7, 11) is 0. The standard InChI is InChI=1S/C23H20N8O3S/c32-21(15-7-10-24-11-8-15)25-17-9-13-35-19(17)22(33)26-18-2-1-12-31(23(18)34)16-5-3-14(4-6-16)20-27-29-30-28-20/h3-11,13,18H,1-2,12H2,(H,25,32)(H,26,33)(H,27,28,29,30). The molecule has 1 aliphatic heterocycles. The minimum Gasteiger partial charge on any atom is -0.339 e. The van der Waals surface area contributed by atoms with Gasteiger partial charge < -0.3 is 15.5 Å². The molecule has 3 N–H and O–H groups in total. The zero-order chi connectivity index (χ0) is 24.2. The predicted molar refractivity (Wildman–Crippen MR) is 129 cm³/mol. The van der Waals surface area contributed by atoms with Crippen molar-refractivity contribution >= 4 is 40.4 Å². The quantitative estimate of drug-likeness (QED) is 0.378. The predicted octanol–water partition coefficient (Wildman–Crippen LogP) is 2.50. The van der Waals surface area contributed by atoms with Crippen molar-refractivity contribution in [2.24, 2.45) is 0 Å². The van der Waals surface area contributed by atoms with Crippen LogP contribution in [0, 0.1) is 0 Å². The number of nitrogens with zero attached hydrogens (tertiary/aromatic N) is 5. The molecule has 11 nitrogen and oxygen atoms in total. The van der Waals surface area contributed by atoms with Gasteiger partial charge in [0.1, 0.15) is 10.9 Å². The van der Waals surface area contributed by atoms with Gasteiger partial charge in [0.2, 0.25) is 11.7 Å². The summed E-state index contributed by atoms with van der Waals surface area (Å²) in [4.78, 5) is 44.6. The van der Waals surface area contributed by atoms with Crippen LogP contribution in [0.15, 0.2) is 60.2 Å². The summed E-state index contributed by atoms with van der Waals surface area (Å²) < 4.78 is 0. The van der Waals surface area contributed by atoms with E-state index in [0.29, 0.717) is 34.9 Å². The molecule has 12 heteroatoms. The summed E-state index contributed by atoms with van der Waals surface area (Å²) in [5, 5.41) is 21.2. The molecule has 1 fully saturated rings. The molecule has 3 aromatic heterocycles. The highest BCUT2D eigenvalue weighted by atomic mass is 32.1. The van der Waals surface area contributed by atoms with E-state index < -0.39 is 11.9 Å². The van der Waals surface area contributed by atoms with E-state index in [-0.39, 0.29) is 11.8 Å². The lowest BCUT2D eigenvalue weighted by Gasteiger charge is -2.32. The van der Waals surface area contributed by atoms with Crippen LogP contribution < -0.4 is 15.5 Å². The number of piperidine rings is 1. The number of aromatic amines is 1. The van der Waals surface area contributed by atoms with E-state index in [9.17, 15) is 14.4 Å². The molecule has 35 heavy (non-hydrogen) atoms. The Morgan fingerprint density at radius 3 is 2.60 bits per heavy atom. The lowest BCUT2D eigenvalue weighted by molar-refractivity contribution is -0.121. The zero-order valence-corrected chi connectivity index (χ0v) is 19.2. The van der Waals surface area contributed by atoms with Crippen molar-refractivity contribution in [1.82, 2.24) is 30.9 Å². The first-order valence-electron chi connectivity index (χ1n) is 10.8. The number of tetrazole rings is 1. The molecule has 0 aliphatic carbocycles. The Bertz CT molecular complexity index is 1340. The summed E-state index contributed by atoms with van der Waals surface area (Å²) in [6, 6.07) is 11.5. The fourth-order valence-corrected chi connectivity index (χ4v) is 4.60. The maximum atomic E-state index is 13.2. The Labute approximate surface area is 203 Å². The number of benzene rings is 1. The van der Waals surface area contributed by atoms with Crippen LogP contribution >= 0.6 is 11.3 Å². The monoisotopic (exact) mass is 488 g/mol. The minimum absolute atomic E-state index is 0.184. The Morgan fingerprint density at radius 2 is 1.86 bits per heavy atom. The molecule has 1 saturated heterocycles. The number of hydrogen-bond donors (Lipinski definition) is 3. The van der Waals surface area contributed by atoms with Crippen LogP contribution in [-0.2, 0) is 4.79 Å². The smallest absolute Gasteiger partial charge is 0.264 e. The molecule has 4 heterocycles. The van der Waals surface area contributed by atoms with Crippen molar-refractivity contribution in [2.45, 2.75) is 18.9 Å². The molecule has 4 aromatic rings. The summed E-state index contributed by atoms with van der Waals surface area (Å²) in [5.74, 6) is -0.466. The minimum atomic E-state index is -0.668. The number of carbonyl (C=O) groups is 3. The molecule has 176 valence electrons. The molecule has 1 aromatic carbocycles. The fourth-order valence-electron chi connectivity index (χ4n) is 3.85. The van der Waals surface area contributed by atoms with Gasteiger partial charge in [0.05, 0.1) is 5.69 Å². The molecule has 1 atom stereocenters. The highest BCUT2D eigenvalue weighted by Crippen LogP contribution is 2.26. The van der Waals surface area contributed by atoms with Gasteiger partial charge in [0.25, 0.3) is 11.8 Å². The highest BCUT2D eigenvalue weighted by molar-refractivity contribution is 7.12. The summed E-state index contributed by atoms with van der Waals surface area (Å²) in [5.41, 5.74) is 2.32. The van der Waals surface area contributed by atoms with Gasteiger partial charge in [0, 0.05) is 35.8 Å². The van der Waals surface area contributed by atoms with Crippen molar-refractivity contribution < 1.29 is 14.4 Å². The first kappa shape index (κ1) is 22.3. The highest BCUT2D eigenvalue weighted by Gasteiger charge is 2.32. The topological polar surface area (TPSA) is 146 Å². The maximum Gasteiger partial charge on any atom is 0.264 e. The van der Waals surface area contributed by atoms with E-state index in [1.54, 1.807) is 28.5 Å². The number of thiophene rings is 1. The van der Waals surface area contributed by atoms with E-state index >= 15 is 0 Å². The van der Waals surface area contributed by atoms with E-state index in [4.69, 9.17) is 0 Å². The van der Waals surface area contributed by atoms with Crippen molar-refractivity contribution in [3.05, 3.63) is 70.7 Å². The molecule has 0 bridgehead atoms. The number of carbonyl (C=O) groups excluding carboxylic acids is 3. The van der Waals surface area contributed by atoms with Gasteiger partial charge in [-0.3, -0.25) is 19.4 Å². The van der Waals surface area contributed by atoms with Crippen molar-refractivity contribution in [3.63, 3.8) is 0 Å². The lowest BCUT2D eigenvalue weighted by Crippen LogP contribution is -2.52. The van der Waals surface area contributed by atoms with E-state index in [0.717, 1.165) is 17.7 Å². The normalized spacial score (nSPS) is 15.6. The third-order valence-electron chi connectivity index (χ3n) is 5.59. The van der Waals surface area contributed by atoms with Gasteiger partial charge in [0.15, 0.2) is 0 Å². The van der Waals surface area contributed by atoms with Gasteiger partial charge in [-0.25, -0.2) is 0 Å². The number of amides is 3. The Hall–Kier alpha value is -4.45. The molecule has 1 aliphatic rings. The van der Waals surface area contributed by atoms with Crippen molar-refractivity contribution in [1.29, 1.82) is 0 Å². The van der Waals surface area contributed by atoms with Crippen LogP contribution in [0.3, 0.4) is 0 Å². The SMILES string of the molecule is O=C(Nc1ccsc1C(=O)NC1CCCN(c2ccc(-c3nn[nH]n3)cc2)C1=O)c1ccncc1. The number of hydrogen-bond acceptors (Lipinski definition) is 8. The Balaban J connectivity index is 1.26. The second kappa shape index (κ2) is 9.81. The second-order valence-electron chi connectivity index (χ2n) is 7.79. The second-order valence-corrected chi connectivity index (χ2v) is 8.71. The van der Waals surface area contributed by atoms with E-state index in [1.165, 1.54) is 23.7 Å². The first-order chi connectivity index (χ1) is 17.1. The molecule has 0 saturated carbocycles. The van der Waals surface area contributed by atoms with Crippen molar-refractivity contribution in [3.8, 4) is 11.4 Å². The van der Waals surface area contributed by atoms with Crippen LogP contribution in [0.2, 0.25) is 0 Å². The first-order valence-corrected chi connectivity index (χ1v) is 11.7. The van der Waals surface area contributed by atoms with Crippen LogP contribution in [0.25, 0.3) is 11.4 Å². The number of nitrogens with one attached hydrogen (secondary N) is 3. The average molecular weight is 489 g/mol. The van der Waals surface area contributed by atoms with Crippen LogP contribution in [0.5, 0.6) is 0 Å². The molecular weight excluding hydrogens is 468 g/mol. The number of aromatic nitrogens is 5. The molecule has 1 unspecified atom stereocenters. The summed E-state index contributed by atoms with van der Waals surface area (Å²) in [6.45, 7) is 0.555. The summed E-state index contributed by atoms with van der Waals surface area (Å²) in [6.07, 6.45) is 4.32. The van der Waals surface area contributed by atoms with Crippen LogP contribution in [0.4, 0.5) is 11.4 Å². The zero-order valence-electron chi connectivity index (χ0n) is 18.3. The lowest BCUT2D eigenvalue weighted by atomic mass is 10.0. The molecule has 0 spiro atoms. The molecule has 3 amide bonds. The third-order valence-corrected chi connectivity index (χ3v) is 6.50. The fraction of sp³-hybridized carbons (Fsp3) is 0.174. The Morgan fingerprint density at radius 1 is 1.06 bits per heavy atom. The number of H-pyrrole nitrogens is 1. The molecular formula is C23H20N8O3S. The largest absolute Gasteiger partial charge is 0.339 e. The Kier molecular flexibility index (Phi) is 6.26. The van der Waals surface area contributed by atoms with Gasteiger partial charge in [-0.15, -0.1) is 21.5 Å². The van der Waals surface area contributed by atoms with Gasteiger partial charge in [-0.05, 0) is 65.9 Å². The number of pyridine rings is 1. The van der Waals surface area contributed by atoms with Crippen LogP contribution in [0.1, 0.15) is 32.9 Å². The molecule has 5 rings (SSSR count). The third kappa shape index (κ3) is 4.77. The van der Waals surface area contributed by atoms with Gasteiger partial charge >= 0.3 is 0 Å².